The number of hydrogen-bond acceptors (Lipinski definition) is 4. The standard InChI is InChI=1S/C20H17ClN2O3S/c1-12-5-2-3-8-15(12)16(10-18(24)25)22-19(26)17-11-27-20(23-17)13-6-4-7-14(21)9-13/h2-9,11,16H,10H2,1H3,(H,22,26)(H,24,25). The molecule has 1 aromatic heterocycles. The van der Waals surface area contributed by atoms with Crippen molar-refractivity contribution in [3.05, 3.63) is 75.8 Å². The molecule has 3 rings (SSSR count). The number of aromatic nitrogens is 1. The molecule has 0 spiro atoms. The van der Waals surface area contributed by atoms with E-state index in [1.165, 1.54) is 11.3 Å². The van der Waals surface area contributed by atoms with E-state index in [-0.39, 0.29) is 12.1 Å². The molecular formula is C20H17ClN2O3S. The Morgan fingerprint density at radius 1 is 1.22 bits per heavy atom. The molecule has 0 radical (unpaired) electrons. The SMILES string of the molecule is Cc1ccccc1C(CC(=O)O)NC(=O)c1csc(-c2cccc(Cl)c2)n1. The largest absolute Gasteiger partial charge is 0.481 e. The van der Waals surface area contributed by atoms with Gasteiger partial charge in [0.05, 0.1) is 12.5 Å². The normalized spacial score (nSPS) is 11.8. The number of carbonyl (C=O) groups is 2. The topological polar surface area (TPSA) is 79.3 Å². The molecule has 3 aromatic rings. The minimum atomic E-state index is -0.985. The molecule has 0 saturated heterocycles. The monoisotopic (exact) mass is 400 g/mol. The van der Waals surface area contributed by atoms with Gasteiger partial charge in [0.1, 0.15) is 10.7 Å². The smallest absolute Gasteiger partial charge is 0.305 e. The van der Waals surface area contributed by atoms with Crippen LogP contribution in [0.2, 0.25) is 5.02 Å². The number of carbonyl (C=O) groups excluding carboxylic acids is 1. The molecule has 0 fully saturated rings. The number of benzene rings is 2. The third-order valence-corrected chi connectivity index (χ3v) is 5.18. The Balaban J connectivity index is 1.82. The van der Waals surface area contributed by atoms with Crippen LogP contribution in [-0.2, 0) is 4.79 Å². The van der Waals surface area contributed by atoms with Crippen LogP contribution < -0.4 is 5.32 Å². The number of aliphatic carboxylic acids is 1. The zero-order valence-electron chi connectivity index (χ0n) is 14.5. The predicted octanol–water partition coefficient (Wildman–Crippen LogP) is 4.72. The number of halogens is 1. The first-order chi connectivity index (χ1) is 12.9. The zero-order valence-corrected chi connectivity index (χ0v) is 16.1. The first kappa shape index (κ1) is 19.1. The molecule has 0 aliphatic rings. The maximum atomic E-state index is 12.6. The minimum absolute atomic E-state index is 0.206. The number of nitrogens with one attached hydrogen (secondary N) is 1. The number of aryl methyl sites for hydroxylation is 1. The Kier molecular flexibility index (Phi) is 5.88. The Hall–Kier alpha value is -2.70. The van der Waals surface area contributed by atoms with E-state index in [2.05, 4.69) is 10.3 Å². The van der Waals surface area contributed by atoms with E-state index >= 15 is 0 Å². The van der Waals surface area contributed by atoms with Crippen molar-refractivity contribution in [3.63, 3.8) is 0 Å². The number of carboxylic acids is 1. The summed E-state index contributed by atoms with van der Waals surface area (Å²) in [5, 5.41) is 14.9. The molecule has 0 aliphatic heterocycles. The summed E-state index contributed by atoms with van der Waals surface area (Å²) in [6.07, 6.45) is -0.206. The van der Waals surface area contributed by atoms with Gasteiger partial charge in [0.2, 0.25) is 0 Å². The summed E-state index contributed by atoms with van der Waals surface area (Å²) in [5.41, 5.74) is 2.77. The van der Waals surface area contributed by atoms with E-state index < -0.39 is 17.9 Å². The van der Waals surface area contributed by atoms with Crippen molar-refractivity contribution in [2.45, 2.75) is 19.4 Å². The highest BCUT2D eigenvalue weighted by atomic mass is 35.5. The van der Waals surface area contributed by atoms with Gasteiger partial charge in [-0.1, -0.05) is 48.0 Å². The average Bonchev–Trinajstić information content (AvgIpc) is 3.11. The third kappa shape index (κ3) is 4.72. The average molecular weight is 401 g/mol. The fraction of sp³-hybridized carbons (Fsp3) is 0.150. The van der Waals surface area contributed by atoms with Crippen LogP contribution in [-0.4, -0.2) is 22.0 Å². The summed E-state index contributed by atoms with van der Waals surface area (Å²) in [6.45, 7) is 1.89. The van der Waals surface area contributed by atoms with Gasteiger partial charge in [-0.05, 0) is 30.2 Å². The highest BCUT2D eigenvalue weighted by Gasteiger charge is 2.21. The molecule has 1 atom stereocenters. The van der Waals surface area contributed by atoms with Crippen LogP contribution in [0.5, 0.6) is 0 Å². The fourth-order valence-electron chi connectivity index (χ4n) is 2.76. The lowest BCUT2D eigenvalue weighted by atomic mass is 9.98. The summed E-state index contributed by atoms with van der Waals surface area (Å²) in [4.78, 5) is 28.3. The molecule has 2 aromatic carbocycles. The summed E-state index contributed by atoms with van der Waals surface area (Å²) in [6, 6.07) is 14.0. The van der Waals surface area contributed by atoms with Gasteiger partial charge in [0.25, 0.3) is 5.91 Å². The minimum Gasteiger partial charge on any atom is -0.481 e. The molecule has 0 bridgehead atoms. The first-order valence-electron chi connectivity index (χ1n) is 8.23. The van der Waals surface area contributed by atoms with E-state index in [1.807, 2.05) is 43.3 Å². The lowest BCUT2D eigenvalue weighted by Crippen LogP contribution is -2.30. The second kappa shape index (κ2) is 8.33. The van der Waals surface area contributed by atoms with E-state index in [4.69, 9.17) is 11.6 Å². The summed E-state index contributed by atoms with van der Waals surface area (Å²) >= 11 is 7.34. The summed E-state index contributed by atoms with van der Waals surface area (Å²) in [5.74, 6) is -1.39. The number of amides is 1. The van der Waals surface area contributed by atoms with Gasteiger partial charge >= 0.3 is 5.97 Å². The van der Waals surface area contributed by atoms with Gasteiger partial charge in [-0.3, -0.25) is 9.59 Å². The maximum Gasteiger partial charge on any atom is 0.305 e. The molecule has 0 saturated carbocycles. The second-order valence-corrected chi connectivity index (χ2v) is 7.32. The molecule has 5 nitrogen and oxygen atoms in total. The van der Waals surface area contributed by atoms with E-state index in [1.54, 1.807) is 17.5 Å². The lowest BCUT2D eigenvalue weighted by molar-refractivity contribution is -0.137. The van der Waals surface area contributed by atoms with Crippen molar-refractivity contribution in [2.24, 2.45) is 0 Å². The molecule has 2 N–H and O–H groups in total. The molecule has 7 heteroatoms. The Morgan fingerprint density at radius 3 is 2.70 bits per heavy atom. The zero-order chi connectivity index (χ0) is 19.4. The van der Waals surface area contributed by atoms with Gasteiger partial charge in [0, 0.05) is 16.0 Å². The van der Waals surface area contributed by atoms with Gasteiger partial charge in [0.15, 0.2) is 0 Å². The van der Waals surface area contributed by atoms with Crippen molar-refractivity contribution < 1.29 is 14.7 Å². The Labute approximate surface area is 165 Å². The summed E-state index contributed by atoms with van der Waals surface area (Å²) < 4.78 is 0. The number of rotatable bonds is 6. The van der Waals surface area contributed by atoms with Crippen LogP contribution in [0.3, 0.4) is 0 Å². The quantitative estimate of drug-likeness (QED) is 0.627. The van der Waals surface area contributed by atoms with Crippen LogP contribution >= 0.6 is 22.9 Å². The van der Waals surface area contributed by atoms with Crippen molar-refractivity contribution in [3.8, 4) is 10.6 Å². The maximum absolute atomic E-state index is 12.6. The molecule has 138 valence electrons. The molecule has 27 heavy (non-hydrogen) atoms. The first-order valence-corrected chi connectivity index (χ1v) is 9.49. The Bertz CT molecular complexity index is 987. The van der Waals surface area contributed by atoms with Crippen LogP contribution in [0.4, 0.5) is 0 Å². The summed E-state index contributed by atoms with van der Waals surface area (Å²) in [7, 11) is 0. The van der Waals surface area contributed by atoms with Crippen molar-refractivity contribution >= 4 is 34.8 Å². The highest BCUT2D eigenvalue weighted by molar-refractivity contribution is 7.13. The van der Waals surface area contributed by atoms with Gasteiger partial charge in [-0.2, -0.15) is 0 Å². The predicted molar refractivity (Wildman–Crippen MR) is 106 cm³/mol. The number of nitrogens with zero attached hydrogens (tertiary/aromatic N) is 1. The molecule has 0 aliphatic carbocycles. The highest BCUT2D eigenvalue weighted by Crippen LogP contribution is 2.27. The molecule has 1 amide bonds. The van der Waals surface area contributed by atoms with Crippen molar-refractivity contribution in [1.82, 2.24) is 10.3 Å². The molecule has 1 unspecified atom stereocenters. The van der Waals surface area contributed by atoms with Crippen LogP contribution in [0.25, 0.3) is 10.6 Å². The molecule has 1 heterocycles. The van der Waals surface area contributed by atoms with Crippen molar-refractivity contribution in [1.29, 1.82) is 0 Å². The van der Waals surface area contributed by atoms with Crippen LogP contribution in [0, 0.1) is 6.92 Å². The number of carboxylic acid groups (broad SMARTS) is 1. The lowest BCUT2D eigenvalue weighted by Gasteiger charge is -2.18. The van der Waals surface area contributed by atoms with E-state index in [0.29, 0.717) is 10.0 Å². The van der Waals surface area contributed by atoms with E-state index in [0.717, 1.165) is 16.7 Å². The van der Waals surface area contributed by atoms with Gasteiger partial charge in [-0.25, -0.2) is 4.98 Å². The van der Waals surface area contributed by atoms with Gasteiger partial charge in [-0.15, -0.1) is 11.3 Å². The van der Waals surface area contributed by atoms with Crippen LogP contribution in [0.1, 0.15) is 34.1 Å². The number of hydrogen-bond donors (Lipinski definition) is 2. The van der Waals surface area contributed by atoms with Crippen molar-refractivity contribution in [2.75, 3.05) is 0 Å². The third-order valence-electron chi connectivity index (χ3n) is 4.06. The molecular weight excluding hydrogens is 384 g/mol. The Morgan fingerprint density at radius 2 is 2.00 bits per heavy atom. The second-order valence-electron chi connectivity index (χ2n) is 6.03. The van der Waals surface area contributed by atoms with E-state index in [9.17, 15) is 14.7 Å². The number of thiazole rings is 1. The van der Waals surface area contributed by atoms with Crippen LogP contribution in [0.15, 0.2) is 53.9 Å². The fourth-order valence-corrected chi connectivity index (χ4v) is 3.74. The van der Waals surface area contributed by atoms with Gasteiger partial charge < -0.3 is 10.4 Å².